The predicted molar refractivity (Wildman–Crippen MR) is 95.3 cm³/mol. The van der Waals surface area contributed by atoms with E-state index in [1.165, 1.54) is 30.4 Å². The van der Waals surface area contributed by atoms with E-state index in [4.69, 9.17) is 9.47 Å². The molecule has 1 saturated carbocycles. The molecule has 126 valence electrons. The minimum atomic E-state index is 0.150. The van der Waals surface area contributed by atoms with Crippen LogP contribution in [0.15, 0.2) is 36.7 Å². The summed E-state index contributed by atoms with van der Waals surface area (Å²) in [6, 6.07) is 8.34. The SMILES string of the molecule is CC(C)CCCOc1ccc2c(c1)OC(C1CC1)c1cnccc1-2. The lowest BCUT2D eigenvalue weighted by molar-refractivity contribution is 0.176. The first-order valence-corrected chi connectivity index (χ1v) is 9.10. The Morgan fingerprint density at radius 3 is 2.88 bits per heavy atom. The summed E-state index contributed by atoms with van der Waals surface area (Å²) in [5.74, 6) is 3.22. The van der Waals surface area contributed by atoms with Crippen LogP contribution in [0, 0.1) is 11.8 Å². The van der Waals surface area contributed by atoms with Crippen molar-refractivity contribution in [1.29, 1.82) is 0 Å². The largest absolute Gasteiger partial charge is 0.493 e. The molecule has 1 aromatic carbocycles. The van der Waals surface area contributed by atoms with Crippen LogP contribution in [0.5, 0.6) is 11.5 Å². The van der Waals surface area contributed by atoms with Crippen LogP contribution in [0.1, 0.15) is 51.2 Å². The Balaban J connectivity index is 1.55. The highest BCUT2D eigenvalue weighted by atomic mass is 16.5. The monoisotopic (exact) mass is 323 g/mol. The first-order valence-electron chi connectivity index (χ1n) is 9.10. The molecule has 0 saturated heterocycles. The number of hydrogen-bond donors (Lipinski definition) is 0. The van der Waals surface area contributed by atoms with Crippen molar-refractivity contribution in [2.45, 2.75) is 45.6 Å². The maximum Gasteiger partial charge on any atom is 0.131 e. The molecule has 2 aromatic rings. The molecular formula is C21H25NO2. The van der Waals surface area contributed by atoms with Crippen LogP contribution in [0.3, 0.4) is 0 Å². The molecule has 1 atom stereocenters. The van der Waals surface area contributed by atoms with Crippen LogP contribution in [0.25, 0.3) is 11.1 Å². The number of benzene rings is 1. The Bertz CT molecular complexity index is 722. The molecule has 0 N–H and O–H groups in total. The first-order chi connectivity index (χ1) is 11.7. The van der Waals surface area contributed by atoms with Gasteiger partial charge in [0.2, 0.25) is 0 Å². The van der Waals surface area contributed by atoms with Gasteiger partial charge in [0, 0.05) is 35.5 Å². The highest BCUT2D eigenvalue weighted by molar-refractivity contribution is 5.76. The standard InChI is InChI=1S/C21H25NO2/c1-14(2)4-3-11-23-16-7-8-18-17-9-10-22-13-19(17)21(15-5-6-15)24-20(18)12-16/h7-10,12-15,21H,3-6,11H2,1-2H3. The van der Waals surface area contributed by atoms with Crippen molar-refractivity contribution < 1.29 is 9.47 Å². The van der Waals surface area contributed by atoms with Gasteiger partial charge in [0.15, 0.2) is 0 Å². The fourth-order valence-corrected chi connectivity index (χ4v) is 3.42. The average molecular weight is 323 g/mol. The van der Waals surface area contributed by atoms with Crippen molar-refractivity contribution in [1.82, 2.24) is 4.98 Å². The summed E-state index contributed by atoms with van der Waals surface area (Å²) < 4.78 is 12.3. The Labute approximate surface area is 144 Å². The zero-order chi connectivity index (χ0) is 16.5. The Hall–Kier alpha value is -2.03. The van der Waals surface area contributed by atoms with Crippen molar-refractivity contribution >= 4 is 0 Å². The van der Waals surface area contributed by atoms with Crippen molar-refractivity contribution in [3.05, 3.63) is 42.2 Å². The quantitative estimate of drug-likeness (QED) is 0.666. The van der Waals surface area contributed by atoms with E-state index in [9.17, 15) is 0 Å². The number of fused-ring (bicyclic) bond motifs is 3. The second-order valence-electron chi connectivity index (χ2n) is 7.38. The molecule has 0 bridgehead atoms. The lowest BCUT2D eigenvalue weighted by atomic mass is 9.92. The zero-order valence-corrected chi connectivity index (χ0v) is 14.5. The summed E-state index contributed by atoms with van der Waals surface area (Å²) in [7, 11) is 0. The van der Waals surface area contributed by atoms with Gasteiger partial charge in [-0.15, -0.1) is 0 Å². The molecule has 1 aliphatic heterocycles. The van der Waals surface area contributed by atoms with Gasteiger partial charge in [0.25, 0.3) is 0 Å². The number of ether oxygens (including phenoxy) is 2. The lowest BCUT2D eigenvalue weighted by Crippen LogP contribution is -2.16. The van der Waals surface area contributed by atoms with E-state index in [1.807, 2.05) is 12.4 Å². The third-order valence-electron chi connectivity index (χ3n) is 4.90. The Kier molecular flexibility index (Phi) is 4.17. The van der Waals surface area contributed by atoms with E-state index in [0.717, 1.165) is 36.0 Å². The molecule has 2 aliphatic rings. The van der Waals surface area contributed by atoms with Gasteiger partial charge in [0.1, 0.15) is 17.6 Å². The third-order valence-corrected chi connectivity index (χ3v) is 4.90. The molecule has 1 aromatic heterocycles. The smallest absolute Gasteiger partial charge is 0.131 e. The summed E-state index contributed by atoms with van der Waals surface area (Å²) in [5.41, 5.74) is 3.64. The van der Waals surface area contributed by atoms with Crippen LogP contribution in [0.2, 0.25) is 0 Å². The molecule has 3 nitrogen and oxygen atoms in total. The Morgan fingerprint density at radius 2 is 2.08 bits per heavy atom. The summed E-state index contributed by atoms with van der Waals surface area (Å²) in [6.45, 7) is 5.26. The summed E-state index contributed by atoms with van der Waals surface area (Å²) in [6.07, 6.45) is 8.78. The van der Waals surface area contributed by atoms with E-state index in [1.54, 1.807) is 0 Å². The van der Waals surface area contributed by atoms with Crippen molar-refractivity contribution in [3.63, 3.8) is 0 Å². The number of pyridine rings is 1. The minimum Gasteiger partial charge on any atom is -0.493 e. The number of nitrogens with zero attached hydrogens (tertiary/aromatic N) is 1. The molecule has 1 fully saturated rings. The molecule has 0 spiro atoms. The predicted octanol–water partition coefficient (Wildman–Crippen LogP) is 5.41. The summed E-state index contributed by atoms with van der Waals surface area (Å²) >= 11 is 0. The summed E-state index contributed by atoms with van der Waals surface area (Å²) in [4.78, 5) is 4.31. The molecule has 2 heterocycles. The molecule has 4 rings (SSSR count). The van der Waals surface area contributed by atoms with Crippen molar-refractivity contribution in [2.24, 2.45) is 11.8 Å². The van der Waals surface area contributed by atoms with Crippen molar-refractivity contribution in [3.8, 4) is 22.6 Å². The van der Waals surface area contributed by atoms with Gasteiger partial charge >= 0.3 is 0 Å². The molecule has 0 amide bonds. The van der Waals surface area contributed by atoms with E-state index >= 15 is 0 Å². The van der Waals surface area contributed by atoms with E-state index in [-0.39, 0.29) is 6.10 Å². The molecule has 0 radical (unpaired) electrons. The zero-order valence-electron chi connectivity index (χ0n) is 14.5. The minimum absolute atomic E-state index is 0.150. The van der Waals surface area contributed by atoms with Gasteiger partial charge in [-0.05, 0) is 55.4 Å². The van der Waals surface area contributed by atoms with Crippen molar-refractivity contribution in [2.75, 3.05) is 6.61 Å². The van der Waals surface area contributed by atoms with E-state index in [2.05, 4.69) is 43.1 Å². The average Bonchev–Trinajstić information content (AvgIpc) is 3.42. The van der Waals surface area contributed by atoms with Gasteiger partial charge in [-0.2, -0.15) is 0 Å². The van der Waals surface area contributed by atoms with Crippen LogP contribution < -0.4 is 9.47 Å². The second kappa shape index (κ2) is 6.46. The first kappa shape index (κ1) is 15.5. The van der Waals surface area contributed by atoms with Gasteiger partial charge in [-0.1, -0.05) is 13.8 Å². The maximum absolute atomic E-state index is 6.35. The normalized spacial score (nSPS) is 18.7. The molecule has 1 unspecified atom stereocenters. The van der Waals surface area contributed by atoms with E-state index in [0.29, 0.717) is 5.92 Å². The number of rotatable bonds is 6. The highest BCUT2D eigenvalue weighted by Crippen LogP contribution is 2.51. The molecule has 24 heavy (non-hydrogen) atoms. The fourth-order valence-electron chi connectivity index (χ4n) is 3.42. The fraction of sp³-hybridized carbons (Fsp3) is 0.476. The lowest BCUT2D eigenvalue weighted by Gasteiger charge is -2.28. The van der Waals surface area contributed by atoms with Gasteiger partial charge in [-0.25, -0.2) is 0 Å². The van der Waals surface area contributed by atoms with Gasteiger partial charge < -0.3 is 9.47 Å². The molecular weight excluding hydrogens is 298 g/mol. The highest BCUT2D eigenvalue weighted by Gasteiger charge is 2.38. The molecule has 1 aliphatic carbocycles. The van der Waals surface area contributed by atoms with Gasteiger partial charge in [-0.3, -0.25) is 4.98 Å². The van der Waals surface area contributed by atoms with Crippen LogP contribution in [-0.4, -0.2) is 11.6 Å². The number of hydrogen-bond acceptors (Lipinski definition) is 3. The second-order valence-corrected chi connectivity index (χ2v) is 7.38. The topological polar surface area (TPSA) is 31.4 Å². The van der Waals surface area contributed by atoms with Crippen LogP contribution >= 0.6 is 0 Å². The Morgan fingerprint density at radius 1 is 1.21 bits per heavy atom. The van der Waals surface area contributed by atoms with Gasteiger partial charge in [0.05, 0.1) is 6.61 Å². The third kappa shape index (κ3) is 3.12. The maximum atomic E-state index is 6.35. The number of aromatic nitrogens is 1. The van der Waals surface area contributed by atoms with Crippen LogP contribution in [-0.2, 0) is 0 Å². The van der Waals surface area contributed by atoms with Crippen LogP contribution in [0.4, 0.5) is 0 Å². The molecule has 3 heteroatoms. The van der Waals surface area contributed by atoms with E-state index < -0.39 is 0 Å². The summed E-state index contributed by atoms with van der Waals surface area (Å²) in [5, 5.41) is 0.